The quantitative estimate of drug-likeness (QED) is 0.346. The van der Waals surface area contributed by atoms with Crippen molar-refractivity contribution in [3.8, 4) is 5.75 Å². The number of hydrogen-bond acceptors (Lipinski definition) is 7. The topological polar surface area (TPSA) is 102 Å². The van der Waals surface area contributed by atoms with Gasteiger partial charge in [-0.1, -0.05) is 12.1 Å². The van der Waals surface area contributed by atoms with E-state index in [1.54, 1.807) is 24.2 Å². The molecule has 9 heteroatoms. The van der Waals surface area contributed by atoms with E-state index in [4.69, 9.17) is 9.47 Å². The minimum Gasteiger partial charge on any atom is -0.497 e. The molecule has 0 bridgehead atoms. The number of ether oxygens (including phenoxy) is 2. The van der Waals surface area contributed by atoms with E-state index in [9.17, 15) is 15.0 Å². The first-order chi connectivity index (χ1) is 20.9. The van der Waals surface area contributed by atoms with Crippen molar-refractivity contribution < 1.29 is 24.5 Å². The number of carbonyl (C=O) groups excluding carboxylic acids is 1. The van der Waals surface area contributed by atoms with Crippen LogP contribution >= 0.6 is 0 Å². The lowest BCUT2D eigenvalue weighted by Crippen LogP contribution is -2.56. The number of likely N-dealkylation sites (tertiary alicyclic amines) is 2. The number of rotatable bonds is 8. The van der Waals surface area contributed by atoms with Gasteiger partial charge in [0.25, 0.3) is 0 Å². The predicted octanol–water partition coefficient (Wildman–Crippen LogP) is 3.62. The van der Waals surface area contributed by atoms with Crippen molar-refractivity contribution in [1.29, 1.82) is 0 Å². The van der Waals surface area contributed by atoms with E-state index in [2.05, 4.69) is 39.2 Å². The number of aromatic nitrogens is 1. The van der Waals surface area contributed by atoms with Gasteiger partial charge in [-0.3, -0.25) is 4.79 Å². The van der Waals surface area contributed by atoms with E-state index in [1.165, 1.54) is 22.2 Å². The second kappa shape index (κ2) is 13.1. The minimum absolute atomic E-state index is 0.0872. The average molecular weight is 589 g/mol. The van der Waals surface area contributed by atoms with Crippen LogP contribution < -0.4 is 9.64 Å². The van der Waals surface area contributed by atoms with Crippen LogP contribution in [0.15, 0.2) is 54.7 Å². The van der Waals surface area contributed by atoms with Crippen LogP contribution in [0.25, 0.3) is 17.0 Å². The molecule has 3 aromatic rings. The lowest BCUT2D eigenvalue weighted by Gasteiger charge is -2.43. The molecule has 0 spiro atoms. The third kappa shape index (κ3) is 6.75. The van der Waals surface area contributed by atoms with Gasteiger partial charge in [-0.2, -0.15) is 0 Å². The Hall–Kier alpha value is -3.37. The SMILES string of the molecule is COc1cccc(/C=C/C(=O)N2CCC(O)(C(O)CN3CCC(c4c[nH]c5ccc(N6CCOCC6)cc45)CC3)CC2)c1. The highest BCUT2D eigenvalue weighted by Crippen LogP contribution is 2.36. The molecule has 3 fully saturated rings. The van der Waals surface area contributed by atoms with Crippen LogP contribution in [0.1, 0.15) is 42.7 Å². The highest BCUT2D eigenvalue weighted by molar-refractivity contribution is 5.92. The number of benzene rings is 2. The lowest BCUT2D eigenvalue weighted by molar-refractivity contribution is -0.140. The lowest BCUT2D eigenvalue weighted by atomic mass is 9.84. The second-order valence-corrected chi connectivity index (χ2v) is 12.2. The first-order valence-electron chi connectivity index (χ1n) is 15.6. The fraction of sp³-hybridized carbons (Fsp3) is 0.500. The fourth-order valence-corrected chi connectivity index (χ4v) is 6.79. The smallest absolute Gasteiger partial charge is 0.246 e. The molecule has 43 heavy (non-hydrogen) atoms. The standard InChI is InChI=1S/C34H44N4O5/c1-42-28-4-2-3-25(21-28)5-8-33(40)38-15-11-34(41,12-16-38)32(39)24-36-13-9-26(10-14-36)30-23-35-31-7-6-27(22-29(30)31)37-17-19-43-20-18-37/h2-8,21-23,26,32,35,39,41H,9-20,24H2,1H3/b8-5+. The van der Waals surface area contributed by atoms with Crippen molar-refractivity contribution in [2.24, 2.45) is 0 Å². The number of aromatic amines is 1. The summed E-state index contributed by atoms with van der Waals surface area (Å²) in [6.45, 7) is 6.45. The number of carbonyl (C=O) groups is 1. The van der Waals surface area contributed by atoms with Crippen LogP contribution in [0.4, 0.5) is 5.69 Å². The molecule has 1 atom stereocenters. The number of β-amino-alcohol motifs (C(OH)–C–C–N with tert-alkyl or cyclic N) is 1. The number of morpholine rings is 1. The maximum atomic E-state index is 12.8. The van der Waals surface area contributed by atoms with Gasteiger partial charge in [0.15, 0.2) is 0 Å². The Kier molecular flexibility index (Phi) is 9.04. The second-order valence-electron chi connectivity index (χ2n) is 12.2. The molecule has 1 amide bonds. The molecular weight excluding hydrogens is 544 g/mol. The number of methoxy groups -OCH3 is 1. The van der Waals surface area contributed by atoms with Gasteiger partial charge < -0.3 is 39.4 Å². The molecule has 3 aliphatic rings. The van der Waals surface area contributed by atoms with Crippen LogP contribution in [0.2, 0.25) is 0 Å². The van der Waals surface area contributed by atoms with Gasteiger partial charge in [0.05, 0.1) is 32.0 Å². The Balaban J connectivity index is 0.992. The Morgan fingerprint density at radius 3 is 2.60 bits per heavy atom. The summed E-state index contributed by atoms with van der Waals surface area (Å²) in [5.41, 5.74) is 3.51. The first kappa shape index (κ1) is 29.7. The summed E-state index contributed by atoms with van der Waals surface area (Å²) in [6.07, 6.45) is 7.43. The summed E-state index contributed by atoms with van der Waals surface area (Å²) < 4.78 is 10.8. The Morgan fingerprint density at radius 2 is 1.86 bits per heavy atom. The Bertz CT molecular complexity index is 1420. The number of piperidine rings is 2. The number of hydrogen-bond donors (Lipinski definition) is 3. The molecule has 0 saturated carbocycles. The summed E-state index contributed by atoms with van der Waals surface area (Å²) in [5.74, 6) is 1.12. The molecule has 0 aliphatic carbocycles. The molecular formula is C34H44N4O5. The first-order valence-corrected chi connectivity index (χ1v) is 15.6. The van der Waals surface area contributed by atoms with Gasteiger partial charge >= 0.3 is 0 Å². The van der Waals surface area contributed by atoms with Gasteiger partial charge in [-0.25, -0.2) is 0 Å². The zero-order chi connectivity index (χ0) is 29.8. The summed E-state index contributed by atoms with van der Waals surface area (Å²) in [4.78, 5) is 22.7. The Labute approximate surface area is 253 Å². The largest absolute Gasteiger partial charge is 0.497 e. The van der Waals surface area contributed by atoms with Gasteiger partial charge in [0.1, 0.15) is 5.75 Å². The average Bonchev–Trinajstić information content (AvgIpc) is 3.48. The van der Waals surface area contributed by atoms with Crippen LogP contribution in [-0.2, 0) is 9.53 Å². The van der Waals surface area contributed by atoms with Crippen molar-refractivity contribution in [3.63, 3.8) is 0 Å². The monoisotopic (exact) mass is 588 g/mol. The number of H-pyrrole nitrogens is 1. The van der Waals surface area contributed by atoms with Crippen molar-refractivity contribution in [2.75, 3.05) is 71.0 Å². The molecule has 230 valence electrons. The van der Waals surface area contributed by atoms with Crippen molar-refractivity contribution in [1.82, 2.24) is 14.8 Å². The number of nitrogens with one attached hydrogen (secondary N) is 1. The van der Waals surface area contributed by atoms with Crippen molar-refractivity contribution in [2.45, 2.75) is 43.3 Å². The van der Waals surface area contributed by atoms with E-state index in [0.717, 1.165) is 63.5 Å². The van der Waals surface area contributed by atoms with Crippen LogP contribution in [0.5, 0.6) is 5.75 Å². The number of fused-ring (bicyclic) bond motifs is 1. The maximum absolute atomic E-state index is 12.8. The van der Waals surface area contributed by atoms with Gasteiger partial charge in [-0.15, -0.1) is 0 Å². The summed E-state index contributed by atoms with van der Waals surface area (Å²) in [7, 11) is 1.62. The third-order valence-corrected chi connectivity index (χ3v) is 9.61. The van der Waals surface area contributed by atoms with Crippen LogP contribution in [0.3, 0.4) is 0 Å². The predicted molar refractivity (Wildman–Crippen MR) is 169 cm³/mol. The number of aliphatic hydroxyl groups is 2. The zero-order valence-electron chi connectivity index (χ0n) is 25.1. The van der Waals surface area contributed by atoms with E-state index >= 15 is 0 Å². The molecule has 0 radical (unpaired) electrons. The van der Waals surface area contributed by atoms with E-state index in [1.807, 2.05) is 24.3 Å². The van der Waals surface area contributed by atoms with Crippen LogP contribution in [0, 0.1) is 0 Å². The molecule has 9 nitrogen and oxygen atoms in total. The molecule has 1 aromatic heterocycles. The molecule has 3 N–H and O–H groups in total. The van der Waals surface area contributed by atoms with Crippen LogP contribution in [-0.4, -0.2) is 109 Å². The number of amides is 1. The van der Waals surface area contributed by atoms with E-state index < -0.39 is 11.7 Å². The molecule has 4 heterocycles. The molecule has 6 rings (SSSR count). The maximum Gasteiger partial charge on any atom is 0.246 e. The summed E-state index contributed by atoms with van der Waals surface area (Å²) in [5, 5.41) is 23.7. The summed E-state index contributed by atoms with van der Waals surface area (Å²) in [6, 6.07) is 14.3. The highest BCUT2D eigenvalue weighted by atomic mass is 16.5. The van der Waals surface area contributed by atoms with Gasteiger partial charge in [0, 0.05) is 61.6 Å². The Morgan fingerprint density at radius 1 is 1.09 bits per heavy atom. The number of aliphatic hydroxyl groups excluding tert-OH is 1. The third-order valence-electron chi connectivity index (χ3n) is 9.61. The molecule has 3 aliphatic heterocycles. The zero-order valence-corrected chi connectivity index (χ0v) is 25.1. The molecule has 2 aromatic carbocycles. The van der Waals surface area contributed by atoms with Gasteiger partial charge in [0.2, 0.25) is 5.91 Å². The van der Waals surface area contributed by atoms with Crippen molar-refractivity contribution >= 4 is 28.6 Å². The van der Waals surface area contributed by atoms with E-state index in [-0.39, 0.29) is 5.91 Å². The van der Waals surface area contributed by atoms with E-state index in [0.29, 0.717) is 38.4 Å². The number of nitrogens with zero attached hydrogens (tertiary/aromatic N) is 3. The number of anilines is 1. The van der Waals surface area contributed by atoms with Crippen molar-refractivity contribution in [3.05, 3.63) is 65.9 Å². The molecule has 1 unspecified atom stereocenters. The minimum atomic E-state index is -1.18. The highest BCUT2D eigenvalue weighted by Gasteiger charge is 2.40. The fourth-order valence-electron chi connectivity index (χ4n) is 6.79. The van der Waals surface area contributed by atoms with Gasteiger partial charge in [-0.05, 0) is 92.2 Å². The molecule has 3 saturated heterocycles. The summed E-state index contributed by atoms with van der Waals surface area (Å²) >= 11 is 0. The normalized spacial score (nSPS) is 21.0.